The Morgan fingerprint density at radius 2 is 2.27 bits per heavy atom. The number of ether oxygens (including phenoxy) is 1. The minimum absolute atomic E-state index is 0. The quantitative estimate of drug-likeness (QED) is 0.314. The van der Waals surface area contributed by atoms with Crippen LogP contribution in [0.3, 0.4) is 0 Å². The van der Waals surface area contributed by atoms with Crippen LogP contribution in [0.1, 0.15) is 24.2 Å². The molecule has 0 bridgehead atoms. The molecule has 0 aromatic carbocycles. The number of aromatic nitrogens is 5. The van der Waals surface area contributed by atoms with Gasteiger partial charge in [-0.2, -0.15) is 5.10 Å². The second kappa shape index (κ2) is 10.5. The standard InChI is InChI=1S/C20H26N8O.HI/c1-3-22-20(27-9-10-29-18(14-27)17-12-25-26(2)13-17)24-11-16-5-4-6-23-19(16)28-8-7-21-15-28;/h4-8,12-13,15,18H,3,9-11,14H2,1-2H3,(H,22,24);1H. The summed E-state index contributed by atoms with van der Waals surface area (Å²) in [4.78, 5) is 15.8. The van der Waals surface area contributed by atoms with Gasteiger partial charge in [0.25, 0.3) is 0 Å². The van der Waals surface area contributed by atoms with Crippen LogP contribution in [0.25, 0.3) is 5.82 Å². The van der Waals surface area contributed by atoms with Crippen LogP contribution in [-0.4, -0.2) is 61.4 Å². The minimum Gasteiger partial charge on any atom is -0.370 e. The molecular weight excluding hydrogens is 495 g/mol. The first-order chi connectivity index (χ1) is 14.2. The molecular formula is C20H27IN8O. The predicted molar refractivity (Wildman–Crippen MR) is 125 cm³/mol. The normalized spacial score (nSPS) is 16.9. The lowest BCUT2D eigenvalue weighted by molar-refractivity contribution is -0.00805. The Kier molecular flexibility index (Phi) is 7.80. The molecule has 9 nitrogen and oxygen atoms in total. The van der Waals surface area contributed by atoms with E-state index in [0.29, 0.717) is 13.2 Å². The van der Waals surface area contributed by atoms with E-state index in [4.69, 9.17) is 9.73 Å². The highest BCUT2D eigenvalue weighted by Crippen LogP contribution is 2.22. The molecule has 0 radical (unpaired) electrons. The van der Waals surface area contributed by atoms with Crippen molar-refractivity contribution in [2.75, 3.05) is 26.2 Å². The second-order valence-electron chi connectivity index (χ2n) is 6.88. The molecule has 1 atom stereocenters. The maximum atomic E-state index is 5.97. The van der Waals surface area contributed by atoms with Gasteiger partial charge in [0.15, 0.2) is 5.96 Å². The van der Waals surface area contributed by atoms with E-state index >= 15 is 0 Å². The first-order valence-corrected chi connectivity index (χ1v) is 9.80. The number of hydrogen-bond acceptors (Lipinski definition) is 5. The van der Waals surface area contributed by atoms with Gasteiger partial charge < -0.3 is 15.0 Å². The molecule has 0 amide bonds. The summed E-state index contributed by atoms with van der Waals surface area (Å²) in [6.45, 7) is 5.59. The first kappa shape index (κ1) is 22.2. The van der Waals surface area contributed by atoms with Crippen LogP contribution in [-0.2, 0) is 18.3 Å². The van der Waals surface area contributed by atoms with Crippen molar-refractivity contribution < 1.29 is 4.74 Å². The molecule has 160 valence electrons. The maximum Gasteiger partial charge on any atom is 0.194 e. The van der Waals surface area contributed by atoms with E-state index in [1.807, 2.05) is 42.3 Å². The molecule has 1 aliphatic heterocycles. The van der Waals surface area contributed by atoms with E-state index in [9.17, 15) is 0 Å². The van der Waals surface area contributed by atoms with E-state index in [1.165, 1.54) is 0 Å². The van der Waals surface area contributed by atoms with Gasteiger partial charge in [0.05, 0.1) is 25.9 Å². The fourth-order valence-corrected chi connectivity index (χ4v) is 3.41. The zero-order valence-electron chi connectivity index (χ0n) is 17.2. The lowest BCUT2D eigenvalue weighted by Gasteiger charge is -2.34. The zero-order valence-corrected chi connectivity index (χ0v) is 19.5. The highest BCUT2D eigenvalue weighted by atomic mass is 127. The van der Waals surface area contributed by atoms with Crippen molar-refractivity contribution in [3.8, 4) is 5.82 Å². The molecule has 1 aliphatic rings. The number of hydrogen-bond donors (Lipinski definition) is 1. The summed E-state index contributed by atoms with van der Waals surface area (Å²) < 4.78 is 9.68. The van der Waals surface area contributed by atoms with Gasteiger partial charge in [-0.05, 0) is 13.0 Å². The monoisotopic (exact) mass is 522 g/mol. The van der Waals surface area contributed by atoms with Gasteiger partial charge in [-0.25, -0.2) is 15.0 Å². The third-order valence-corrected chi connectivity index (χ3v) is 4.81. The number of nitrogens with one attached hydrogen (secondary N) is 1. The van der Waals surface area contributed by atoms with E-state index in [2.05, 4.69) is 32.2 Å². The topological polar surface area (TPSA) is 85.4 Å². The molecule has 0 aliphatic carbocycles. The Bertz CT molecular complexity index is 955. The molecule has 10 heteroatoms. The van der Waals surface area contributed by atoms with Crippen LogP contribution in [0.15, 0.2) is 54.4 Å². The molecule has 1 fully saturated rings. The predicted octanol–water partition coefficient (Wildman–Crippen LogP) is 2.16. The number of aliphatic imine (C=N–C) groups is 1. The molecule has 0 saturated carbocycles. The number of morpholine rings is 1. The maximum absolute atomic E-state index is 5.97. The zero-order chi connectivity index (χ0) is 20.1. The Morgan fingerprint density at radius 3 is 3.00 bits per heavy atom. The third-order valence-electron chi connectivity index (χ3n) is 4.81. The van der Waals surface area contributed by atoms with Crippen molar-refractivity contribution in [1.82, 2.24) is 34.5 Å². The number of halogens is 1. The molecule has 4 rings (SSSR count). The van der Waals surface area contributed by atoms with E-state index in [0.717, 1.165) is 42.5 Å². The van der Waals surface area contributed by atoms with Crippen LogP contribution in [0, 0.1) is 0 Å². The Balaban J connectivity index is 0.00000256. The second-order valence-corrected chi connectivity index (χ2v) is 6.88. The summed E-state index contributed by atoms with van der Waals surface area (Å²) in [5.41, 5.74) is 2.13. The lowest BCUT2D eigenvalue weighted by atomic mass is 10.1. The summed E-state index contributed by atoms with van der Waals surface area (Å²) in [6, 6.07) is 3.98. The fourth-order valence-electron chi connectivity index (χ4n) is 3.41. The average Bonchev–Trinajstić information content (AvgIpc) is 3.43. The molecule has 1 saturated heterocycles. The van der Waals surface area contributed by atoms with Gasteiger partial charge >= 0.3 is 0 Å². The van der Waals surface area contributed by atoms with Crippen LogP contribution in [0.2, 0.25) is 0 Å². The third kappa shape index (κ3) is 5.17. The number of aryl methyl sites for hydroxylation is 1. The minimum atomic E-state index is -0.0128. The van der Waals surface area contributed by atoms with Crippen molar-refractivity contribution in [2.24, 2.45) is 12.0 Å². The van der Waals surface area contributed by atoms with Crippen LogP contribution >= 0.6 is 24.0 Å². The number of pyridine rings is 1. The summed E-state index contributed by atoms with van der Waals surface area (Å²) >= 11 is 0. The van der Waals surface area contributed by atoms with Gasteiger partial charge in [-0.3, -0.25) is 9.25 Å². The molecule has 4 heterocycles. The molecule has 3 aromatic rings. The average molecular weight is 522 g/mol. The molecule has 30 heavy (non-hydrogen) atoms. The van der Waals surface area contributed by atoms with Gasteiger partial charge in [-0.15, -0.1) is 24.0 Å². The Labute approximate surface area is 193 Å². The summed E-state index contributed by atoms with van der Waals surface area (Å²) in [5, 5.41) is 7.68. The van der Waals surface area contributed by atoms with Gasteiger partial charge in [0.2, 0.25) is 0 Å². The van der Waals surface area contributed by atoms with Gasteiger partial charge in [-0.1, -0.05) is 6.07 Å². The number of rotatable bonds is 5. The van der Waals surface area contributed by atoms with Crippen LogP contribution in [0.4, 0.5) is 0 Å². The smallest absolute Gasteiger partial charge is 0.194 e. The van der Waals surface area contributed by atoms with Crippen molar-refractivity contribution in [3.63, 3.8) is 0 Å². The van der Waals surface area contributed by atoms with Crippen LogP contribution in [0.5, 0.6) is 0 Å². The largest absolute Gasteiger partial charge is 0.370 e. The van der Waals surface area contributed by atoms with Crippen LogP contribution < -0.4 is 5.32 Å². The molecule has 0 spiro atoms. The summed E-state index contributed by atoms with van der Waals surface area (Å²) in [7, 11) is 1.92. The van der Waals surface area contributed by atoms with Crippen molar-refractivity contribution in [2.45, 2.75) is 19.6 Å². The fraction of sp³-hybridized carbons (Fsp3) is 0.400. The van der Waals surface area contributed by atoms with Crippen molar-refractivity contribution >= 4 is 29.9 Å². The van der Waals surface area contributed by atoms with E-state index in [1.54, 1.807) is 23.4 Å². The van der Waals surface area contributed by atoms with Gasteiger partial charge in [0, 0.05) is 56.1 Å². The van der Waals surface area contributed by atoms with E-state index < -0.39 is 0 Å². The number of guanidine groups is 1. The first-order valence-electron chi connectivity index (χ1n) is 9.80. The molecule has 1 unspecified atom stereocenters. The molecule has 3 aromatic heterocycles. The Hall–Kier alpha value is -2.47. The van der Waals surface area contributed by atoms with Crippen molar-refractivity contribution in [3.05, 3.63) is 60.6 Å². The number of imidazole rings is 1. The SMILES string of the molecule is CCNC(=NCc1cccnc1-n1ccnc1)N1CCOC(c2cnn(C)c2)C1.I. The lowest BCUT2D eigenvalue weighted by Crippen LogP contribution is -2.48. The number of nitrogens with zero attached hydrogens (tertiary/aromatic N) is 7. The highest BCUT2D eigenvalue weighted by Gasteiger charge is 2.25. The van der Waals surface area contributed by atoms with E-state index in [-0.39, 0.29) is 30.1 Å². The Morgan fingerprint density at radius 1 is 1.37 bits per heavy atom. The summed E-state index contributed by atoms with van der Waals surface area (Å²) in [5.74, 6) is 1.73. The highest BCUT2D eigenvalue weighted by molar-refractivity contribution is 14.0. The summed E-state index contributed by atoms with van der Waals surface area (Å²) in [6.07, 6.45) is 11.0. The van der Waals surface area contributed by atoms with Gasteiger partial charge in [0.1, 0.15) is 18.2 Å². The molecule has 1 N–H and O–H groups in total. The van der Waals surface area contributed by atoms with Crippen molar-refractivity contribution in [1.29, 1.82) is 0 Å².